The molecule has 8 nitrogen and oxygen atoms in total. The molecule has 0 aliphatic carbocycles. The average molecular weight is 273 g/mol. The van der Waals surface area contributed by atoms with Crippen LogP contribution in [0.4, 0.5) is 5.69 Å². The SMILES string of the molecule is Cc1cccc(Oc2nccc(C(=N)N)n2)c1[N+](=O)[O-]. The zero-order valence-corrected chi connectivity index (χ0v) is 10.5. The molecule has 0 aliphatic rings. The largest absolute Gasteiger partial charge is 0.417 e. The van der Waals surface area contributed by atoms with E-state index in [1.807, 2.05) is 0 Å². The number of hydrogen-bond acceptors (Lipinski definition) is 6. The maximum Gasteiger partial charge on any atom is 0.322 e. The Balaban J connectivity index is 2.40. The first-order valence-electron chi connectivity index (χ1n) is 5.58. The Labute approximate surface area is 113 Å². The molecule has 3 N–H and O–H groups in total. The molecule has 8 heteroatoms. The number of rotatable bonds is 4. The Morgan fingerprint density at radius 2 is 2.20 bits per heavy atom. The van der Waals surface area contributed by atoms with Gasteiger partial charge >= 0.3 is 11.7 Å². The van der Waals surface area contributed by atoms with Gasteiger partial charge in [-0.05, 0) is 19.1 Å². The summed E-state index contributed by atoms with van der Waals surface area (Å²) in [7, 11) is 0. The van der Waals surface area contributed by atoms with E-state index in [9.17, 15) is 10.1 Å². The first-order valence-corrected chi connectivity index (χ1v) is 5.58. The van der Waals surface area contributed by atoms with Crippen LogP contribution in [-0.4, -0.2) is 20.7 Å². The van der Waals surface area contributed by atoms with Crippen molar-refractivity contribution < 1.29 is 9.66 Å². The minimum absolute atomic E-state index is 0.0377. The number of nitrogens with two attached hydrogens (primary N) is 1. The van der Waals surface area contributed by atoms with Crippen LogP contribution < -0.4 is 10.5 Å². The Hall–Kier alpha value is -3.03. The van der Waals surface area contributed by atoms with Gasteiger partial charge in [-0.15, -0.1) is 0 Å². The minimum Gasteiger partial charge on any atom is -0.417 e. The zero-order chi connectivity index (χ0) is 14.7. The molecule has 0 unspecified atom stereocenters. The zero-order valence-electron chi connectivity index (χ0n) is 10.5. The highest BCUT2D eigenvalue weighted by atomic mass is 16.6. The van der Waals surface area contributed by atoms with E-state index in [-0.39, 0.29) is 29.0 Å². The third-order valence-corrected chi connectivity index (χ3v) is 2.49. The molecule has 0 atom stereocenters. The highest BCUT2D eigenvalue weighted by molar-refractivity contribution is 5.92. The van der Waals surface area contributed by atoms with E-state index in [2.05, 4.69) is 9.97 Å². The van der Waals surface area contributed by atoms with E-state index < -0.39 is 4.92 Å². The number of aromatic nitrogens is 2. The third-order valence-electron chi connectivity index (χ3n) is 2.49. The first kappa shape index (κ1) is 13.4. The van der Waals surface area contributed by atoms with Gasteiger partial charge in [-0.1, -0.05) is 12.1 Å². The fourth-order valence-electron chi connectivity index (χ4n) is 1.59. The Morgan fingerprint density at radius 1 is 1.45 bits per heavy atom. The number of aryl methyl sites for hydroxylation is 1. The van der Waals surface area contributed by atoms with E-state index in [0.29, 0.717) is 5.56 Å². The second kappa shape index (κ2) is 5.31. The molecule has 0 spiro atoms. The Morgan fingerprint density at radius 3 is 2.85 bits per heavy atom. The van der Waals surface area contributed by atoms with Crippen molar-refractivity contribution in [1.82, 2.24) is 9.97 Å². The summed E-state index contributed by atoms with van der Waals surface area (Å²) in [6.45, 7) is 1.61. The fraction of sp³-hybridized carbons (Fsp3) is 0.0833. The van der Waals surface area contributed by atoms with Gasteiger partial charge in [0.1, 0.15) is 11.5 Å². The molecule has 1 heterocycles. The van der Waals surface area contributed by atoms with Crippen LogP contribution in [0.5, 0.6) is 11.8 Å². The van der Waals surface area contributed by atoms with Gasteiger partial charge in [0, 0.05) is 11.8 Å². The number of ether oxygens (including phenoxy) is 1. The first-order chi connectivity index (χ1) is 9.49. The number of nitro benzene ring substituents is 1. The van der Waals surface area contributed by atoms with Crippen molar-refractivity contribution >= 4 is 11.5 Å². The summed E-state index contributed by atoms with van der Waals surface area (Å²) in [5.41, 5.74) is 5.81. The molecule has 0 saturated carbocycles. The third kappa shape index (κ3) is 2.69. The molecule has 1 aromatic heterocycles. The molecule has 0 bridgehead atoms. The van der Waals surface area contributed by atoms with Crippen molar-refractivity contribution in [2.75, 3.05) is 0 Å². The quantitative estimate of drug-likeness (QED) is 0.378. The Kier molecular flexibility index (Phi) is 3.56. The number of para-hydroxylation sites is 1. The molecule has 1 aromatic carbocycles. The molecule has 0 aliphatic heterocycles. The summed E-state index contributed by atoms with van der Waals surface area (Å²) in [6.07, 6.45) is 1.36. The molecule has 0 saturated heterocycles. The van der Waals surface area contributed by atoms with Crippen LogP contribution >= 0.6 is 0 Å². The highest BCUT2D eigenvalue weighted by Gasteiger charge is 2.19. The standard InChI is InChI=1S/C12H11N5O3/c1-7-3-2-4-9(10(7)17(18)19)20-12-15-6-5-8(16-12)11(13)14/h2-6H,1H3,(H3,13,14). The lowest BCUT2D eigenvalue weighted by atomic mass is 10.2. The van der Waals surface area contributed by atoms with E-state index in [1.165, 1.54) is 18.3 Å². The van der Waals surface area contributed by atoms with Crippen LogP contribution in [0.25, 0.3) is 0 Å². The maximum absolute atomic E-state index is 11.0. The molecule has 2 rings (SSSR count). The molecule has 102 valence electrons. The number of amidine groups is 1. The number of benzene rings is 1. The summed E-state index contributed by atoms with van der Waals surface area (Å²) in [6, 6.07) is 6.03. The van der Waals surface area contributed by atoms with Crippen molar-refractivity contribution in [2.45, 2.75) is 6.92 Å². The lowest BCUT2D eigenvalue weighted by Crippen LogP contribution is -2.13. The smallest absolute Gasteiger partial charge is 0.322 e. The number of nitro groups is 1. The number of hydrogen-bond donors (Lipinski definition) is 2. The second-order valence-corrected chi connectivity index (χ2v) is 3.92. The summed E-state index contributed by atoms with van der Waals surface area (Å²) in [4.78, 5) is 18.2. The number of nitrogens with zero attached hydrogens (tertiary/aromatic N) is 3. The Bertz CT molecular complexity index is 687. The predicted molar refractivity (Wildman–Crippen MR) is 71.0 cm³/mol. The van der Waals surface area contributed by atoms with Crippen LogP contribution in [0.3, 0.4) is 0 Å². The van der Waals surface area contributed by atoms with Crippen molar-refractivity contribution in [3.05, 3.63) is 51.8 Å². The van der Waals surface area contributed by atoms with Gasteiger partial charge in [0.25, 0.3) is 0 Å². The van der Waals surface area contributed by atoms with E-state index in [1.54, 1.807) is 19.1 Å². The minimum atomic E-state index is -0.528. The van der Waals surface area contributed by atoms with Crippen LogP contribution in [0.2, 0.25) is 0 Å². The van der Waals surface area contributed by atoms with E-state index in [4.69, 9.17) is 15.9 Å². The van der Waals surface area contributed by atoms with Crippen molar-refractivity contribution in [3.63, 3.8) is 0 Å². The van der Waals surface area contributed by atoms with Crippen LogP contribution in [-0.2, 0) is 0 Å². The predicted octanol–water partition coefficient (Wildman–Crippen LogP) is 1.77. The van der Waals surface area contributed by atoms with Crippen molar-refractivity contribution in [2.24, 2.45) is 5.73 Å². The number of nitrogen functional groups attached to an aromatic ring is 1. The van der Waals surface area contributed by atoms with E-state index >= 15 is 0 Å². The average Bonchev–Trinajstić information content (AvgIpc) is 2.38. The van der Waals surface area contributed by atoms with Gasteiger partial charge in [-0.2, -0.15) is 4.98 Å². The van der Waals surface area contributed by atoms with Crippen LogP contribution in [0, 0.1) is 22.4 Å². The molecule has 2 aromatic rings. The van der Waals surface area contributed by atoms with Crippen LogP contribution in [0.1, 0.15) is 11.3 Å². The lowest BCUT2D eigenvalue weighted by Gasteiger charge is -2.06. The van der Waals surface area contributed by atoms with Gasteiger partial charge in [-0.3, -0.25) is 15.5 Å². The van der Waals surface area contributed by atoms with Gasteiger partial charge in [0.2, 0.25) is 5.75 Å². The topological polar surface area (TPSA) is 128 Å². The van der Waals surface area contributed by atoms with Crippen molar-refractivity contribution in [1.29, 1.82) is 5.41 Å². The van der Waals surface area contributed by atoms with Gasteiger partial charge < -0.3 is 10.5 Å². The van der Waals surface area contributed by atoms with Gasteiger partial charge in [0.15, 0.2) is 0 Å². The molecule has 20 heavy (non-hydrogen) atoms. The van der Waals surface area contributed by atoms with Crippen LogP contribution in [0.15, 0.2) is 30.5 Å². The maximum atomic E-state index is 11.0. The molecule has 0 fully saturated rings. The van der Waals surface area contributed by atoms with E-state index in [0.717, 1.165) is 0 Å². The molecule has 0 amide bonds. The summed E-state index contributed by atoms with van der Waals surface area (Å²) < 4.78 is 5.33. The van der Waals surface area contributed by atoms with Crippen molar-refractivity contribution in [3.8, 4) is 11.8 Å². The lowest BCUT2D eigenvalue weighted by molar-refractivity contribution is -0.386. The normalized spacial score (nSPS) is 10.1. The van der Waals surface area contributed by atoms with Gasteiger partial charge in [-0.25, -0.2) is 4.98 Å². The molecular formula is C12H11N5O3. The second-order valence-electron chi connectivity index (χ2n) is 3.92. The summed E-state index contributed by atoms with van der Waals surface area (Å²) in [5, 5.41) is 18.3. The summed E-state index contributed by atoms with van der Waals surface area (Å²) >= 11 is 0. The highest BCUT2D eigenvalue weighted by Crippen LogP contribution is 2.32. The monoisotopic (exact) mass is 273 g/mol. The summed E-state index contributed by atoms with van der Waals surface area (Å²) in [5.74, 6) is -0.202. The molecule has 0 radical (unpaired) electrons. The number of nitrogens with one attached hydrogen (secondary N) is 1. The van der Waals surface area contributed by atoms with Gasteiger partial charge in [0.05, 0.1) is 4.92 Å². The molecular weight excluding hydrogens is 262 g/mol. The fourth-order valence-corrected chi connectivity index (χ4v) is 1.59.